The summed E-state index contributed by atoms with van der Waals surface area (Å²) in [5, 5.41) is 3.09. The summed E-state index contributed by atoms with van der Waals surface area (Å²) in [6.45, 7) is 0.831. The normalized spacial score (nSPS) is 11.9. The largest absolute Gasteiger partial charge is 0.357 e. The van der Waals surface area contributed by atoms with E-state index in [0.717, 1.165) is 16.1 Å². The van der Waals surface area contributed by atoms with E-state index in [4.69, 9.17) is 11.6 Å². The molecule has 0 heterocycles. The molecule has 3 aromatic rings. The Labute approximate surface area is 228 Å². The number of halogens is 1. The van der Waals surface area contributed by atoms with Crippen LogP contribution in [0.5, 0.6) is 0 Å². The molecule has 0 saturated heterocycles. The summed E-state index contributed by atoms with van der Waals surface area (Å²) in [5.41, 5.74) is 2.00. The van der Waals surface area contributed by atoms with Crippen LogP contribution in [0.25, 0.3) is 0 Å². The van der Waals surface area contributed by atoms with Crippen LogP contribution in [0, 0.1) is 0 Å². The number of Topliss-reactive ketones (excluding diaryl/α,β-unsaturated/α-hetero) is 1. The summed E-state index contributed by atoms with van der Waals surface area (Å²) < 4.78 is 26.5. The van der Waals surface area contributed by atoms with Crippen LogP contribution in [0.15, 0.2) is 78.9 Å². The van der Waals surface area contributed by atoms with Crippen molar-refractivity contribution < 1.29 is 22.8 Å². The summed E-state index contributed by atoms with van der Waals surface area (Å²) in [4.78, 5) is 40.2. The summed E-state index contributed by atoms with van der Waals surface area (Å²) in [6.07, 6.45) is 1.20. The highest BCUT2D eigenvalue weighted by Crippen LogP contribution is 2.22. The number of sulfonamides is 1. The second-order valence-electron chi connectivity index (χ2n) is 8.85. The highest BCUT2D eigenvalue weighted by molar-refractivity contribution is 7.92. The number of ketones is 1. The molecule has 0 aliphatic carbocycles. The molecule has 0 unspecified atom stereocenters. The third-order valence-corrected chi connectivity index (χ3v) is 7.35. The quantitative estimate of drug-likeness (QED) is 0.363. The van der Waals surface area contributed by atoms with Gasteiger partial charge in [0.1, 0.15) is 12.6 Å². The van der Waals surface area contributed by atoms with E-state index in [2.05, 4.69) is 5.32 Å². The maximum atomic E-state index is 13.9. The van der Waals surface area contributed by atoms with Crippen molar-refractivity contribution in [1.29, 1.82) is 0 Å². The van der Waals surface area contributed by atoms with Crippen LogP contribution in [-0.2, 0) is 32.6 Å². The van der Waals surface area contributed by atoms with Gasteiger partial charge in [-0.1, -0.05) is 66.2 Å². The van der Waals surface area contributed by atoms with Crippen molar-refractivity contribution in [2.45, 2.75) is 25.9 Å². The Morgan fingerprint density at radius 1 is 0.921 bits per heavy atom. The first-order chi connectivity index (χ1) is 18.0. The van der Waals surface area contributed by atoms with Crippen LogP contribution in [0.3, 0.4) is 0 Å². The Bertz CT molecular complexity index is 1410. The lowest BCUT2D eigenvalue weighted by atomic mass is 10.0. The fraction of sp³-hybridized carbons (Fsp3) is 0.250. The Balaban J connectivity index is 2.04. The number of nitrogens with one attached hydrogen (secondary N) is 1. The van der Waals surface area contributed by atoms with Crippen LogP contribution in [0.1, 0.15) is 28.4 Å². The molecule has 0 fully saturated rings. The standard InChI is InChI=1S/C28H30ClN3O5S/c1-20(33)23-12-8-14-25(17-23)32(38(3,36)37)19-27(34)31(18-22-11-7-13-24(29)15-22)26(28(35)30-2)16-21-9-5-4-6-10-21/h4-15,17,26H,16,18-19H2,1-3H3,(H,30,35)/t26-/m0/s1. The van der Waals surface area contributed by atoms with Crippen LogP contribution in [-0.4, -0.2) is 56.8 Å². The first-order valence-corrected chi connectivity index (χ1v) is 14.1. The van der Waals surface area contributed by atoms with Gasteiger partial charge in [-0.05, 0) is 42.3 Å². The van der Waals surface area contributed by atoms with Crippen molar-refractivity contribution in [2.75, 3.05) is 24.2 Å². The number of likely N-dealkylation sites (N-methyl/N-ethyl adjacent to an activating group) is 1. The van der Waals surface area contributed by atoms with Crippen molar-refractivity contribution in [1.82, 2.24) is 10.2 Å². The van der Waals surface area contributed by atoms with Gasteiger partial charge in [-0.2, -0.15) is 0 Å². The summed E-state index contributed by atoms with van der Waals surface area (Å²) in [6, 6.07) is 21.3. The number of carbonyl (C=O) groups excluding carboxylic acids is 3. The van der Waals surface area contributed by atoms with Crippen LogP contribution in [0.4, 0.5) is 5.69 Å². The predicted molar refractivity (Wildman–Crippen MR) is 149 cm³/mol. The monoisotopic (exact) mass is 555 g/mol. The third kappa shape index (κ3) is 7.66. The maximum Gasteiger partial charge on any atom is 0.244 e. The van der Waals surface area contributed by atoms with E-state index in [-0.39, 0.29) is 24.4 Å². The predicted octanol–water partition coefficient (Wildman–Crippen LogP) is 3.69. The minimum Gasteiger partial charge on any atom is -0.357 e. The average molecular weight is 556 g/mol. The molecule has 0 aromatic heterocycles. The smallest absolute Gasteiger partial charge is 0.244 e. The molecule has 1 N–H and O–H groups in total. The lowest BCUT2D eigenvalue weighted by Crippen LogP contribution is -2.52. The van der Waals surface area contributed by atoms with Crippen LogP contribution in [0.2, 0.25) is 5.02 Å². The van der Waals surface area contributed by atoms with Gasteiger partial charge < -0.3 is 10.2 Å². The summed E-state index contributed by atoms with van der Waals surface area (Å²) in [5.74, 6) is -1.22. The molecule has 10 heteroatoms. The zero-order chi connectivity index (χ0) is 27.9. The van der Waals surface area contributed by atoms with E-state index in [1.54, 1.807) is 36.4 Å². The molecular weight excluding hydrogens is 526 g/mol. The topological polar surface area (TPSA) is 104 Å². The molecule has 0 aliphatic heterocycles. The van der Waals surface area contributed by atoms with Crippen molar-refractivity contribution in [3.63, 3.8) is 0 Å². The molecule has 200 valence electrons. The van der Waals surface area contributed by atoms with Gasteiger partial charge in [0.25, 0.3) is 0 Å². The van der Waals surface area contributed by atoms with Crippen molar-refractivity contribution in [3.05, 3.63) is 101 Å². The summed E-state index contributed by atoms with van der Waals surface area (Å²) >= 11 is 6.17. The van der Waals surface area contributed by atoms with Crippen molar-refractivity contribution in [3.8, 4) is 0 Å². The second kappa shape index (κ2) is 12.7. The second-order valence-corrected chi connectivity index (χ2v) is 11.2. The number of nitrogens with zero attached hydrogens (tertiary/aromatic N) is 2. The van der Waals surface area contributed by atoms with E-state index in [9.17, 15) is 22.8 Å². The number of benzene rings is 3. The molecule has 0 spiro atoms. The Morgan fingerprint density at radius 3 is 2.18 bits per heavy atom. The van der Waals surface area contributed by atoms with Crippen molar-refractivity contribution in [2.24, 2.45) is 0 Å². The first kappa shape index (κ1) is 28.9. The molecule has 8 nitrogen and oxygen atoms in total. The van der Waals surface area contributed by atoms with E-state index in [1.165, 1.54) is 31.0 Å². The molecule has 0 bridgehead atoms. The average Bonchev–Trinajstić information content (AvgIpc) is 2.88. The lowest BCUT2D eigenvalue weighted by molar-refractivity contribution is -0.139. The van der Waals surface area contributed by atoms with Gasteiger partial charge in [-0.15, -0.1) is 0 Å². The highest BCUT2D eigenvalue weighted by atomic mass is 35.5. The fourth-order valence-corrected chi connectivity index (χ4v) is 5.10. The number of rotatable bonds is 11. The SMILES string of the molecule is CNC(=O)[C@H](Cc1ccccc1)N(Cc1cccc(Cl)c1)C(=O)CN(c1cccc(C(C)=O)c1)S(C)(=O)=O. The fourth-order valence-electron chi connectivity index (χ4n) is 4.05. The van der Waals surface area contributed by atoms with E-state index in [0.29, 0.717) is 16.1 Å². The zero-order valence-corrected chi connectivity index (χ0v) is 23.0. The molecule has 2 amide bonds. The Morgan fingerprint density at radius 2 is 1.58 bits per heavy atom. The van der Waals surface area contributed by atoms with Crippen LogP contribution < -0.4 is 9.62 Å². The molecule has 3 rings (SSSR count). The third-order valence-electron chi connectivity index (χ3n) is 5.98. The highest BCUT2D eigenvalue weighted by Gasteiger charge is 2.32. The van der Waals surface area contributed by atoms with Gasteiger partial charge in [0.15, 0.2) is 5.78 Å². The van der Waals surface area contributed by atoms with E-state index < -0.39 is 34.4 Å². The molecule has 1 atom stereocenters. The summed E-state index contributed by atoms with van der Waals surface area (Å²) in [7, 11) is -2.44. The number of hydrogen-bond acceptors (Lipinski definition) is 5. The van der Waals surface area contributed by atoms with Crippen LogP contribution >= 0.6 is 11.6 Å². The van der Waals surface area contributed by atoms with E-state index in [1.807, 2.05) is 30.3 Å². The Kier molecular flexibility index (Phi) is 9.66. The van der Waals surface area contributed by atoms with Gasteiger partial charge in [-0.25, -0.2) is 8.42 Å². The number of carbonyl (C=O) groups is 3. The van der Waals surface area contributed by atoms with Gasteiger partial charge in [0.05, 0.1) is 11.9 Å². The van der Waals surface area contributed by atoms with Gasteiger partial charge in [-0.3, -0.25) is 18.7 Å². The van der Waals surface area contributed by atoms with Gasteiger partial charge in [0, 0.05) is 30.6 Å². The maximum absolute atomic E-state index is 13.9. The molecule has 0 radical (unpaired) electrons. The van der Waals surface area contributed by atoms with Gasteiger partial charge in [0.2, 0.25) is 21.8 Å². The molecule has 3 aromatic carbocycles. The molecule has 0 saturated carbocycles. The minimum absolute atomic E-state index is 0.0232. The number of hydrogen-bond donors (Lipinski definition) is 1. The van der Waals surface area contributed by atoms with Crippen molar-refractivity contribution >= 4 is 44.9 Å². The number of anilines is 1. The lowest BCUT2D eigenvalue weighted by Gasteiger charge is -2.33. The van der Waals surface area contributed by atoms with Gasteiger partial charge >= 0.3 is 0 Å². The zero-order valence-electron chi connectivity index (χ0n) is 21.4. The van der Waals surface area contributed by atoms with E-state index >= 15 is 0 Å². The Hall–Kier alpha value is -3.69. The molecule has 0 aliphatic rings. The number of amides is 2. The minimum atomic E-state index is -3.93. The molecule has 38 heavy (non-hydrogen) atoms. The first-order valence-electron chi connectivity index (χ1n) is 11.9. The molecular formula is C28H30ClN3O5S.